The van der Waals surface area contributed by atoms with Gasteiger partial charge in [-0.3, -0.25) is 19.2 Å². The van der Waals surface area contributed by atoms with E-state index in [-0.39, 0.29) is 24.4 Å². The first-order chi connectivity index (χ1) is 17.2. The minimum atomic E-state index is -1.31. The molecule has 0 radical (unpaired) electrons. The number of esters is 1. The van der Waals surface area contributed by atoms with E-state index in [2.05, 4.69) is 20.3 Å². The number of hydrogen-bond donors (Lipinski definition) is 4. The van der Waals surface area contributed by atoms with Crippen LogP contribution in [-0.4, -0.2) is 67.4 Å². The maximum Gasteiger partial charge on any atom is 0.341 e. The van der Waals surface area contributed by atoms with Gasteiger partial charge in [0.2, 0.25) is 11.8 Å². The van der Waals surface area contributed by atoms with Crippen LogP contribution in [0.4, 0.5) is 5.69 Å². The number of carbonyl (C=O) groups is 4. The van der Waals surface area contributed by atoms with Gasteiger partial charge < -0.3 is 30.0 Å². The molecule has 188 valence electrons. The fraction of sp³-hybridized carbons (Fsp3) is 0.250. The number of anilines is 1. The van der Waals surface area contributed by atoms with Crippen molar-refractivity contribution >= 4 is 29.4 Å². The molecule has 0 saturated carbocycles. The van der Waals surface area contributed by atoms with E-state index in [0.717, 1.165) is 0 Å². The Morgan fingerprint density at radius 3 is 2.33 bits per heavy atom. The molecule has 4 N–H and O–H groups in total. The standard InChI is InChI=1S/C21H21N3O7.C3H4N2/c1-11(25)24-10-15(31-12(2)26)9-18(24)20(28)22-14-5-3-13(4-6-14)17-8-7-16(21(29)30)19(27)23-17;1-2-5-3-4-1/h3-8,15,18H,9-10H2,1-2H3,(H,22,28)(H,23,27)(H,29,30);1-3H,(H,4,5)/t15?,18-;/m0./s1. The average Bonchev–Trinajstić information content (AvgIpc) is 3.53. The quantitative estimate of drug-likeness (QED) is 0.386. The summed E-state index contributed by atoms with van der Waals surface area (Å²) in [7, 11) is 0. The van der Waals surface area contributed by atoms with Gasteiger partial charge in [-0.15, -0.1) is 0 Å². The van der Waals surface area contributed by atoms with Crippen LogP contribution in [0.2, 0.25) is 0 Å². The van der Waals surface area contributed by atoms with Crippen molar-refractivity contribution in [3.05, 3.63) is 71.0 Å². The number of likely N-dealkylation sites (tertiary alicyclic amines) is 1. The highest BCUT2D eigenvalue weighted by Gasteiger charge is 2.39. The van der Waals surface area contributed by atoms with Crippen molar-refractivity contribution in [2.75, 3.05) is 11.9 Å². The van der Waals surface area contributed by atoms with E-state index in [1.165, 1.54) is 30.9 Å². The van der Waals surface area contributed by atoms with Crippen LogP contribution in [0.1, 0.15) is 30.6 Å². The minimum absolute atomic E-state index is 0.158. The number of pyridine rings is 1. The molecule has 0 spiro atoms. The molecular formula is C24H25N5O7. The molecule has 12 heteroatoms. The number of carboxylic acids is 1. The van der Waals surface area contributed by atoms with Gasteiger partial charge in [-0.2, -0.15) is 0 Å². The molecule has 1 aliphatic heterocycles. The summed E-state index contributed by atoms with van der Waals surface area (Å²) in [6, 6.07) is 8.49. The molecule has 3 heterocycles. The van der Waals surface area contributed by atoms with Gasteiger partial charge in [-0.25, -0.2) is 9.78 Å². The van der Waals surface area contributed by atoms with E-state index in [9.17, 15) is 24.0 Å². The molecule has 1 fully saturated rings. The number of carboxylic acid groups (broad SMARTS) is 1. The number of H-pyrrole nitrogens is 2. The van der Waals surface area contributed by atoms with Gasteiger partial charge in [0.1, 0.15) is 17.7 Å². The van der Waals surface area contributed by atoms with Gasteiger partial charge in [-0.05, 0) is 29.8 Å². The molecule has 1 aromatic carbocycles. The number of benzene rings is 1. The summed E-state index contributed by atoms with van der Waals surface area (Å²) in [5.74, 6) is -2.48. The largest absolute Gasteiger partial charge is 0.477 e. The molecule has 3 aromatic rings. The van der Waals surface area contributed by atoms with Crippen LogP contribution in [0.5, 0.6) is 0 Å². The van der Waals surface area contributed by atoms with Crippen molar-refractivity contribution in [3.8, 4) is 11.3 Å². The van der Waals surface area contributed by atoms with Crippen LogP contribution in [0.3, 0.4) is 0 Å². The first kappa shape index (κ1) is 25.9. The van der Waals surface area contributed by atoms with Gasteiger partial charge in [-0.1, -0.05) is 12.1 Å². The lowest BCUT2D eigenvalue weighted by molar-refractivity contribution is -0.146. The number of amides is 2. The fourth-order valence-electron chi connectivity index (χ4n) is 3.70. The van der Waals surface area contributed by atoms with Gasteiger partial charge in [0.05, 0.1) is 12.9 Å². The van der Waals surface area contributed by atoms with E-state index < -0.39 is 35.6 Å². The minimum Gasteiger partial charge on any atom is -0.477 e. The maximum atomic E-state index is 12.7. The number of rotatable bonds is 5. The van der Waals surface area contributed by atoms with Gasteiger partial charge >= 0.3 is 11.9 Å². The summed E-state index contributed by atoms with van der Waals surface area (Å²) in [6.45, 7) is 2.78. The number of hydrogen-bond acceptors (Lipinski definition) is 7. The molecule has 0 bridgehead atoms. The number of carbonyl (C=O) groups excluding carboxylic acids is 3. The molecule has 36 heavy (non-hydrogen) atoms. The highest BCUT2D eigenvalue weighted by atomic mass is 16.5. The highest BCUT2D eigenvalue weighted by Crippen LogP contribution is 2.24. The molecule has 2 amide bonds. The van der Waals surface area contributed by atoms with Crippen LogP contribution in [0, 0.1) is 0 Å². The maximum absolute atomic E-state index is 12.7. The second-order valence-electron chi connectivity index (χ2n) is 7.90. The number of aromatic carboxylic acids is 1. The number of ether oxygens (including phenoxy) is 1. The third kappa shape index (κ3) is 6.65. The van der Waals surface area contributed by atoms with E-state index in [4.69, 9.17) is 9.84 Å². The Hall–Kier alpha value is -4.74. The van der Waals surface area contributed by atoms with Crippen LogP contribution < -0.4 is 10.9 Å². The summed E-state index contributed by atoms with van der Waals surface area (Å²) >= 11 is 0. The van der Waals surface area contributed by atoms with E-state index in [0.29, 0.717) is 16.9 Å². The predicted octanol–water partition coefficient (Wildman–Crippen LogP) is 1.64. The monoisotopic (exact) mass is 495 g/mol. The first-order valence-corrected chi connectivity index (χ1v) is 10.9. The number of nitrogens with one attached hydrogen (secondary N) is 3. The van der Waals surface area contributed by atoms with Crippen LogP contribution in [0.25, 0.3) is 11.3 Å². The third-order valence-corrected chi connectivity index (χ3v) is 5.31. The fourth-order valence-corrected chi connectivity index (χ4v) is 3.70. The molecule has 2 aromatic heterocycles. The molecule has 1 aliphatic rings. The first-order valence-electron chi connectivity index (χ1n) is 10.9. The molecule has 2 atom stereocenters. The van der Waals surface area contributed by atoms with Crippen molar-refractivity contribution in [2.24, 2.45) is 0 Å². The highest BCUT2D eigenvalue weighted by molar-refractivity contribution is 5.97. The molecule has 1 unspecified atom stereocenters. The van der Waals surface area contributed by atoms with Crippen molar-refractivity contribution in [2.45, 2.75) is 32.4 Å². The lowest BCUT2D eigenvalue weighted by Gasteiger charge is -2.21. The molecule has 4 rings (SSSR count). The normalized spacial score (nSPS) is 16.4. The van der Waals surface area contributed by atoms with E-state index in [1.54, 1.807) is 43.0 Å². The Kier molecular flexibility index (Phi) is 8.34. The van der Waals surface area contributed by atoms with E-state index in [1.807, 2.05) is 0 Å². The number of imidazole rings is 1. The van der Waals surface area contributed by atoms with Crippen molar-refractivity contribution in [1.29, 1.82) is 0 Å². The predicted molar refractivity (Wildman–Crippen MR) is 128 cm³/mol. The summed E-state index contributed by atoms with van der Waals surface area (Å²) < 4.78 is 5.14. The molecule has 12 nitrogen and oxygen atoms in total. The van der Waals surface area contributed by atoms with Crippen molar-refractivity contribution in [1.82, 2.24) is 19.9 Å². The molecule has 1 saturated heterocycles. The smallest absolute Gasteiger partial charge is 0.341 e. The Labute approximate surface area is 205 Å². The topological polar surface area (TPSA) is 175 Å². The van der Waals surface area contributed by atoms with Gasteiger partial charge in [0.25, 0.3) is 5.56 Å². The van der Waals surface area contributed by atoms with E-state index >= 15 is 0 Å². The number of aromatic amines is 2. The number of nitrogens with zero attached hydrogens (tertiary/aromatic N) is 2. The summed E-state index contributed by atoms with van der Waals surface area (Å²) in [5, 5.41) is 11.7. The zero-order valence-corrected chi connectivity index (χ0v) is 19.6. The molecule has 0 aliphatic carbocycles. The average molecular weight is 495 g/mol. The van der Waals surface area contributed by atoms with Gasteiger partial charge in [0, 0.05) is 44.0 Å². The zero-order chi connectivity index (χ0) is 26.2. The van der Waals surface area contributed by atoms with Crippen molar-refractivity contribution in [3.63, 3.8) is 0 Å². The van der Waals surface area contributed by atoms with Crippen molar-refractivity contribution < 1.29 is 29.0 Å². The zero-order valence-electron chi connectivity index (χ0n) is 19.6. The second-order valence-corrected chi connectivity index (χ2v) is 7.90. The van der Waals surface area contributed by atoms with Crippen LogP contribution >= 0.6 is 0 Å². The van der Waals surface area contributed by atoms with Crippen LogP contribution in [-0.2, 0) is 19.1 Å². The molecular weight excluding hydrogens is 470 g/mol. The Bertz CT molecular complexity index is 1270. The Balaban J connectivity index is 0.000000642. The summed E-state index contributed by atoms with van der Waals surface area (Å²) in [5.41, 5.74) is 0.447. The van der Waals surface area contributed by atoms with Gasteiger partial charge in [0.15, 0.2) is 0 Å². The Morgan fingerprint density at radius 2 is 1.83 bits per heavy atom. The van der Waals surface area contributed by atoms with Crippen LogP contribution in [0.15, 0.2) is 59.9 Å². The second kappa shape index (κ2) is 11.6. The summed E-state index contributed by atoms with van der Waals surface area (Å²) in [6.07, 6.45) is 4.75. The third-order valence-electron chi connectivity index (χ3n) is 5.31. The lowest BCUT2D eigenvalue weighted by atomic mass is 10.1. The Morgan fingerprint density at radius 1 is 1.11 bits per heavy atom. The lowest BCUT2D eigenvalue weighted by Crippen LogP contribution is -2.42. The summed E-state index contributed by atoms with van der Waals surface area (Å²) in [4.78, 5) is 68.9. The number of aromatic nitrogens is 3. The SMILES string of the molecule is CC(=O)OC1C[C@@H](C(=O)Nc2ccc(-c3ccc(C(=O)O)c(=O)[nH]3)cc2)N(C(C)=O)C1.c1c[nH]cn1.